The number of nitrogens with one attached hydrogen (secondary N) is 1. The zero-order chi connectivity index (χ0) is 11.7. The Morgan fingerprint density at radius 1 is 1.29 bits per heavy atom. The fraction of sp³-hybridized carbons (Fsp3) is 0.750. The minimum Gasteiger partial charge on any atom is -0.345 e. The minimum absolute atomic E-state index is 0.754. The summed E-state index contributed by atoms with van der Waals surface area (Å²) < 4.78 is 0. The predicted octanol–water partition coefficient (Wildman–Crippen LogP) is 1.92. The van der Waals surface area contributed by atoms with Gasteiger partial charge < -0.3 is 4.98 Å². The van der Waals surface area contributed by atoms with E-state index in [0.717, 1.165) is 24.8 Å². The van der Waals surface area contributed by atoms with E-state index in [1.165, 1.54) is 40.9 Å². The number of thioether (sulfide) groups is 2. The SMILES string of the molecule is Cc1nc2c([nH]1)CN(C1CSCCSC1)CC2. The van der Waals surface area contributed by atoms with Gasteiger partial charge in [-0.3, -0.25) is 4.90 Å². The number of aromatic nitrogens is 2. The van der Waals surface area contributed by atoms with Crippen molar-refractivity contribution in [3.63, 3.8) is 0 Å². The molecule has 0 bridgehead atoms. The molecular formula is C12H19N3S2. The van der Waals surface area contributed by atoms with E-state index in [0.29, 0.717) is 0 Å². The van der Waals surface area contributed by atoms with Crippen molar-refractivity contribution in [3.8, 4) is 0 Å². The summed E-state index contributed by atoms with van der Waals surface area (Å²) in [6.45, 7) is 4.31. The van der Waals surface area contributed by atoms with Gasteiger partial charge in [-0.25, -0.2) is 4.98 Å². The van der Waals surface area contributed by atoms with Crippen molar-refractivity contribution in [2.45, 2.75) is 25.9 Å². The molecular weight excluding hydrogens is 250 g/mol. The fourth-order valence-corrected chi connectivity index (χ4v) is 5.21. The van der Waals surface area contributed by atoms with E-state index < -0.39 is 0 Å². The first kappa shape index (κ1) is 11.9. The fourth-order valence-electron chi connectivity index (χ4n) is 2.58. The van der Waals surface area contributed by atoms with Crippen LogP contribution in [0.25, 0.3) is 0 Å². The summed E-state index contributed by atoms with van der Waals surface area (Å²) in [4.78, 5) is 10.6. The van der Waals surface area contributed by atoms with Gasteiger partial charge in [-0.15, -0.1) is 0 Å². The molecule has 0 radical (unpaired) electrons. The van der Waals surface area contributed by atoms with Gasteiger partial charge >= 0.3 is 0 Å². The number of aryl methyl sites for hydroxylation is 1. The van der Waals surface area contributed by atoms with Gasteiger partial charge in [-0.1, -0.05) is 0 Å². The smallest absolute Gasteiger partial charge is 0.103 e. The Labute approximate surface area is 111 Å². The molecule has 0 aliphatic carbocycles. The normalized spacial score (nSPS) is 23.4. The van der Waals surface area contributed by atoms with Crippen LogP contribution in [0.2, 0.25) is 0 Å². The zero-order valence-corrected chi connectivity index (χ0v) is 11.9. The van der Waals surface area contributed by atoms with Gasteiger partial charge in [0, 0.05) is 48.6 Å². The molecule has 0 amide bonds. The van der Waals surface area contributed by atoms with Crippen LogP contribution in [0.5, 0.6) is 0 Å². The van der Waals surface area contributed by atoms with Crippen LogP contribution in [0.4, 0.5) is 0 Å². The van der Waals surface area contributed by atoms with Crippen molar-refractivity contribution >= 4 is 23.5 Å². The lowest BCUT2D eigenvalue weighted by Gasteiger charge is -2.32. The number of hydrogen-bond acceptors (Lipinski definition) is 4. The van der Waals surface area contributed by atoms with Gasteiger partial charge in [0.25, 0.3) is 0 Å². The Morgan fingerprint density at radius 2 is 2.06 bits per heavy atom. The summed E-state index contributed by atoms with van der Waals surface area (Å²) in [5, 5.41) is 0. The molecule has 94 valence electrons. The maximum atomic E-state index is 4.56. The molecule has 1 aromatic heterocycles. The van der Waals surface area contributed by atoms with Crippen LogP contribution >= 0.6 is 23.5 Å². The van der Waals surface area contributed by atoms with Crippen LogP contribution in [0, 0.1) is 6.92 Å². The molecule has 2 aliphatic heterocycles. The third kappa shape index (κ3) is 2.66. The molecule has 0 saturated carbocycles. The second kappa shape index (κ2) is 5.24. The minimum atomic E-state index is 0.754. The van der Waals surface area contributed by atoms with E-state index >= 15 is 0 Å². The first-order valence-electron chi connectivity index (χ1n) is 6.27. The van der Waals surface area contributed by atoms with Crippen molar-refractivity contribution < 1.29 is 0 Å². The highest BCUT2D eigenvalue weighted by molar-refractivity contribution is 8.03. The molecule has 0 atom stereocenters. The van der Waals surface area contributed by atoms with E-state index in [1.807, 2.05) is 0 Å². The van der Waals surface area contributed by atoms with Crippen LogP contribution < -0.4 is 0 Å². The third-order valence-corrected chi connectivity index (χ3v) is 5.97. The van der Waals surface area contributed by atoms with Gasteiger partial charge in [0.15, 0.2) is 0 Å². The topological polar surface area (TPSA) is 31.9 Å². The van der Waals surface area contributed by atoms with E-state index in [2.05, 4.69) is 45.3 Å². The zero-order valence-electron chi connectivity index (χ0n) is 10.2. The Balaban J connectivity index is 1.70. The highest BCUT2D eigenvalue weighted by atomic mass is 32.2. The Morgan fingerprint density at radius 3 is 2.82 bits per heavy atom. The number of aromatic amines is 1. The third-order valence-electron chi connectivity index (χ3n) is 3.49. The number of rotatable bonds is 1. The van der Waals surface area contributed by atoms with Crippen molar-refractivity contribution in [2.75, 3.05) is 29.6 Å². The van der Waals surface area contributed by atoms with Crippen molar-refractivity contribution in [2.24, 2.45) is 0 Å². The predicted molar refractivity (Wildman–Crippen MR) is 75.9 cm³/mol. The first-order chi connectivity index (χ1) is 8.33. The molecule has 17 heavy (non-hydrogen) atoms. The molecule has 1 aromatic rings. The molecule has 3 heterocycles. The summed E-state index contributed by atoms with van der Waals surface area (Å²) >= 11 is 4.23. The average molecular weight is 269 g/mol. The quantitative estimate of drug-likeness (QED) is 0.844. The number of hydrogen-bond donors (Lipinski definition) is 1. The Kier molecular flexibility index (Phi) is 3.68. The van der Waals surface area contributed by atoms with Gasteiger partial charge in [0.1, 0.15) is 5.82 Å². The van der Waals surface area contributed by atoms with Crippen molar-refractivity contribution in [1.29, 1.82) is 0 Å². The molecule has 2 aliphatic rings. The molecule has 0 aromatic carbocycles. The van der Waals surface area contributed by atoms with Crippen LogP contribution in [0.15, 0.2) is 0 Å². The second-order valence-electron chi connectivity index (χ2n) is 4.77. The van der Waals surface area contributed by atoms with E-state index in [4.69, 9.17) is 0 Å². The molecule has 1 fully saturated rings. The summed E-state index contributed by atoms with van der Waals surface area (Å²) in [7, 11) is 0. The van der Waals surface area contributed by atoms with E-state index in [9.17, 15) is 0 Å². The largest absolute Gasteiger partial charge is 0.345 e. The molecule has 3 rings (SSSR count). The molecule has 5 heteroatoms. The van der Waals surface area contributed by atoms with Crippen LogP contribution in [-0.2, 0) is 13.0 Å². The Bertz CT molecular complexity index is 383. The van der Waals surface area contributed by atoms with Gasteiger partial charge in [0.2, 0.25) is 0 Å². The highest BCUT2D eigenvalue weighted by Gasteiger charge is 2.26. The molecule has 3 nitrogen and oxygen atoms in total. The summed E-state index contributed by atoms with van der Waals surface area (Å²) in [5.41, 5.74) is 2.65. The number of fused-ring (bicyclic) bond motifs is 1. The number of imidazole rings is 1. The monoisotopic (exact) mass is 269 g/mol. The maximum absolute atomic E-state index is 4.56. The Hall–Kier alpha value is -0.130. The van der Waals surface area contributed by atoms with Gasteiger partial charge in [-0.2, -0.15) is 23.5 Å². The standard InChI is InChI=1S/C12H19N3S2/c1-9-13-11-2-3-15(6-12(11)14-9)10-7-16-4-5-17-8-10/h10H,2-8H2,1H3,(H,13,14). The van der Waals surface area contributed by atoms with Crippen LogP contribution in [0.1, 0.15) is 17.2 Å². The number of H-pyrrole nitrogens is 1. The summed E-state index contributed by atoms with van der Waals surface area (Å²) in [6, 6.07) is 0.754. The summed E-state index contributed by atoms with van der Waals surface area (Å²) in [5.74, 6) is 6.32. The lowest BCUT2D eigenvalue weighted by atomic mass is 10.1. The first-order valence-corrected chi connectivity index (χ1v) is 8.58. The highest BCUT2D eigenvalue weighted by Crippen LogP contribution is 2.25. The van der Waals surface area contributed by atoms with E-state index in [1.54, 1.807) is 0 Å². The molecule has 1 saturated heterocycles. The lowest BCUT2D eigenvalue weighted by Crippen LogP contribution is -2.42. The number of nitrogens with zero attached hydrogens (tertiary/aromatic N) is 2. The van der Waals surface area contributed by atoms with E-state index in [-0.39, 0.29) is 0 Å². The maximum Gasteiger partial charge on any atom is 0.103 e. The molecule has 0 unspecified atom stereocenters. The van der Waals surface area contributed by atoms with Crippen molar-refractivity contribution in [1.82, 2.24) is 14.9 Å². The lowest BCUT2D eigenvalue weighted by molar-refractivity contribution is 0.206. The molecule has 1 N–H and O–H groups in total. The second-order valence-corrected chi connectivity index (χ2v) is 7.07. The summed E-state index contributed by atoms with van der Waals surface area (Å²) in [6.07, 6.45) is 1.12. The molecule has 0 spiro atoms. The van der Waals surface area contributed by atoms with Crippen molar-refractivity contribution in [3.05, 3.63) is 17.2 Å². The van der Waals surface area contributed by atoms with Gasteiger partial charge in [0.05, 0.1) is 11.4 Å². The van der Waals surface area contributed by atoms with Crippen LogP contribution in [-0.4, -0.2) is 50.5 Å². The van der Waals surface area contributed by atoms with Gasteiger partial charge in [-0.05, 0) is 6.92 Å². The van der Waals surface area contributed by atoms with Crippen LogP contribution in [0.3, 0.4) is 0 Å². The average Bonchev–Trinajstić information content (AvgIpc) is 2.53.